The molecule has 2 amide bonds. The highest BCUT2D eigenvalue weighted by Gasteiger charge is 2.37. The molecule has 0 atom stereocenters. The lowest BCUT2D eigenvalue weighted by molar-refractivity contribution is -0.121. The Hall–Kier alpha value is -1.88. The van der Waals surface area contributed by atoms with Crippen LogP contribution < -0.4 is 16.4 Å². The minimum Gasteiger partial charge on any atom is -0.355 e. The summed E-state index contributed by atoms with van der Waals surface area (Å²) in [5.74, 6) is -0.337. The van der Waals surface area contributed by atoms with E-state index in [4.69, 9.17) is 5.73 Å². The molecule has 2 rings (SSSR count). The molecule has 0 radical (unpaired) electrons. The fourth-order valence-electron chi connectivity index (χ4n) is 2.52. The Balaban J connectivity index is 2.20. The first-order valence-electron chi connectivity index (χ1n) is 6.89. The monoisotopic (exact) mass is 275 g/mol. The molecule has 20 heavy (non-hydrogen) atoms. The first-order valence-corrected chi connectivity index (χ1v) is 6.89. The van der Waals surface area contributed by atoms with Gasteiger partial charge in [0.15, 0.2) is 0 Å². The van der Waals surface area contributed by atoms with Crippen molar-refractivity contribution in [2.45, 2.75) is 38.1 Å². The standard InChI is InChI=1S/C15H21N3O2/c1-10-5-6-11(13(19)17-2)9-12(10)18-14(20)15(16)7-3-4-8-15/h5-6,9H,3-4,7-8,16H2,1-2H3,(H,17,19)(H,18,20). The third-order valence-corrected chi connectivity index (χ3v) is 3.92. The smallest absolute Gasteiger partial charge is 0.251 e. The van der Waals surface area contributed by atoms with Gasteiger partial charge < -0.3 is 16.4 Å². The van der Waals surface area contributed by atoms with Crippen molar-refractivity contribution in [2.75, 3.05) is 12.4 Å². The number of nitrogens with two attached hydrogens (primary N) is 1. The Bertz CT molecular complexity index is 534. The van der Waals surface area contributed by atoms with Gasteiger partial charge in [-0.15, -0.1) is 0 Å². The van der Waals surface area contributed by atoms with Crippen molar-refractivity contribution in [1.82, 2.24) is 5.32 Å². The van der Waals surface area contributed by atoms with E-state index >= 15 is 0 Å². The van der Waals surface area contributed by atoms with Gasteiger partial charge in [0.25, 0.3) is 5.91 Å². The SMILES string of the molecule is CNC(=O)c1ccc(C)c(NC(=O)C2(N)CCCC2)c1. The van der Waals surface area contributed by atoms with Gasteiger partial charge in [0, 0.05) is 18.3 Å². The average Bonchev–Trinajstić information content (AvgIpc) is 2.88. The van der Waals surface area contributed by atoms with Crippen LogP contribution in [0.4, 0.5) is 5.69 Å². The van der Waals surface area contributed by atoms with E-state index in [-0.39, 0.29) is 11.8 Å². The normalized spacial score (nSPS) is 16.8. The van der Waals surface area contributed by atoms with Gasteiger partial charge in [-0.05, 0) is 37.5 Å². The molecule has 0 bridgehead atoms. The van der Waals surface area contributed by atoms with Gasteiger partial charge in [0.05, 0.1) is 5.54 Å². The van der Waals surface area contributed by atoms with E-state index in [1.165, 1.54) is 0 Å². The summed E-state index contributed by atoms with van der Waals surface area (Å²) in [6.45, 7) is 1.89. The van der Waals surface area contributed by atoms with E-state index in [0.29, 0.717) is 24.1 Å². The molecule has 0 heterocycles. The number of anilines is 1. The quantitative estimate of drug-likeness (QED) is 0.782. The van der Waals surface area contributed by atoms with Crippen LogP contribution in [-0.4, -0.2) is 24.4 Å². The fourth-order valence-corrected chi connectivity index (χ4v) is 2.52. The molecule has 4 N–H and O–H groups in total. The van der Waals surface area contributed by atoms with E-state index in [1.54, 1.807) is 19.2 Å². The molecule has 0 aromatic heterocycles. The van der Waals surface area contributed by atoms with Crippen LogP contribution in [0.15, 0.2) is 18.2 Å². The first kappa shape index (κ1) is 14.5. The second-order valence-corrected chi connectivity index (χ2v) is 5.43. The van der Waals surface area contributed by atoms with Crippen molar-refractivity contribution < 1.29 is 9.59 Å². The molecular formula is C15H21N3O2. The Morgan fingerprint density at radius 2 is 1.90 bits per heavy atom. The summed E-state index contributed by atoms with van der Waals surface area (Å²) < 4.78 is 0. The summed E-state index contributed by atoms with van der Waals surface area (Å²) in [4.78, 5) is 23.9. The van der Waals surface area contributed by atoms with Gasteiger partial charge in [-0.1, -0.05) is 18.9 Å². The highest BCUT2D eigenvalue weighted by molar-refractivity contribution is 6.00. The zero-order valence-corrected chi connectivity index (χ0v) is 12.0. The molecule has 0 unspecified atom stereocenters. The molecule has 1 aromatic rings. The van der Waals surface area contributed by atoms with Gasteiger partial charge in [-0.25, -0.2) is 0 Å². The number of benzene rings is 1. The Morgan fingerprint density at radius 3 is 2.50 bits per heavy atom. The van der Waals surface area contributed by atoms with Crippen LogP contribution in [0.3, 0.4) is 0 Å². The predicted octanol–water partition coefficient (Wildman–Crippen LogP) is 1.56. The largest absolute Gasteiger partial charge is 0.355 e. The average molecular weight is 275 g/mol. The number of rotatable bonds is 3. The van der Waals surface area contributed by atoms with Crippen LogP contribution in [0.1, 0.15) is 41.6 Å². The second-order valence-electron chi connectivity index (χ2n) is 5.43. The van der Waals surface area contributed by atoms with E-state index < -0.39 is 5.54 Å². The minimum absolute atomic E-state index is 0.160. The molecule has 0 spiro atoms. The lowest BCUT2D eigenvalue weighted by Gasteiger charge is -2.23. The van der Waals surface area contributed by atoms with Crippen molar-refractivity contribution in [3.05, 3.63) is 29.3 Å². The highest BCUT2D eigenvalue weighted by Crippen LogP contribution is 2.29. The zero-order chi connectivity index (χ0) is 14.8. The zero-order valence-electron chi connectivity index (χ0n) is 12.0. The van der Waals surface area contributed by atoms with Gasteiger partial charge in [0.1, 0.15) is 0 Å². The van der Waals surface area contributed by atoms with E-state index in [9.17, 15) is 9.59 Å². The van der Waals surface area contributed by atoms with Gasteiger partial charge in [-0.3, -0.25) is 9.59 Å². The molecule has 1 aliphatic rings. The summed E-state index contributed by atoms with van der Waals surface area (Å²) in [6.07, 6.45) is 3.41. The van der Waals surface area contributed by atoms with Gasteiger partial charge >= 0.3 is 0 Å². The third kappa shape index (κ3) is 2.82. The maximum atomic E-state index is 12.3. The van der Waals surface area contributed by atoms with Crippen LogP contribution in [0, 0.1) is 6.92 Å². The van der Waals surface area contributed by atoms with Crippen molar-refractivity contribution in [2.24, 2.45) is 5.73 Å². The maximum absolute atomic E-state index is 12.3. The molecule has 0 aliphatic heterocycles. The van der Waals surface area contributed by atoms with Crippen LogP contribution in [0.2, 0.25) is 0 Å². The van der Waals surface area contributed by atoms with Crippen LogP contribution in [0.25, 0.3) is 0 Å². The highest BCUT2D eigenvalue weighted by atomic mass is 16.2. The summed E-state index contributed by atoms with van der Waals surface area (Å²) in [5, 5.41) is 5.44. The molecule has 0 saturated heterocycles. The van der Waals surface area contributed by atoms with Crippen molar-refractivity contribution in [3.63, 3.8) is 0 Å². The molecular weight excluding hydrogens is 254 g/mol. The molecule has 108 valence electrons. The molecule has 1 aliphatic carbocycles. The number of amides is 2. The molecule has 1 aromatic carbocycles. The van der Waals surface area contributed by atoms with Gasteiger partial charge in [0.2, 0.25) is 5.91 Å². The van der Waals surface area contributed by atoms with E-state index in [1.807, 2.05) is 13.0 Å². The Morgan fingerprint density at radius 1 is 1.25 bits per heavy atom. The Kier molecular flexibility index (Phi) is 4.09. The van der Waals surface area contributed by atoms with Crippen LogP contribution in [0.5, 0.6) is 0 Å². The van der Waals surface area contributed by atoms with E-state index in [0.717, 1.165) is 18.4 Å². The molecule has 1 saturated carbocycles. The number of nitrogens with one attached hydrogen (secondary N) is 2. The first-order chi connectivity index (χ1) is 9.46. The van der Waals surface area contributed by atoms with Crippen molar-refractivity contribution >= 4 is 17.5 Å². The lowest BCUT2D eigenvalue weighted by Crippen LogP contribution is -2.48. The molecule has 5 nitrogen and oxygen atoms in total. The number of carbonyl (C=O) groups excluding carboxylic acids is 2. The van der Waals surface area contributed by atoms with Crippen LogP contribution >= 0.6 is 0 Å². The second kappa shape index (κ2) is 5.63. The lowest BCUT2D eigenvalue weighted by atomic mass is 9.97. The topological polar surface area (TPSA) is 84.2 Å². The summed E-state index contributed by atoms with van der Waals surface area (Å²) in [6, 6.07) is 5.24. The summed E-state index contributed by atoms with van der Waals surface area (Å²) >= 11 is 0. The third-order valence-electron chi connectivity index (χ3n) is 3.92. The number of hydrogen-bond acceptors (Lipinski definition) is 3. The van der Waals surface area contributed by atoms with Crippen molar-refractivity contribution in [3.8, 4) is 0 Å². The number of carbonyl (C=O) groups is 2. The van der Waals surface area contributed by atoms with Crippen LogP contribution in [-0.2, 0) is 4.79 Å². The van der Waals surface area contributed by atoms with Gasteiger partial charge in [-0.2, -0.15) is 0 Å². The number of aryl methyl sites for hydroxylation is 1. The summed E-state index contributed by atoms with van der Waals surface area (Å²) in [5.41, 5.74) is 7.44. The fraction of sp³-hybridized carbons (Fsp3) is 0.467. The van der Waals surface area contributed by atoms with Crippen molar-refractivity contribution in [1.29, 1.82) is 0 Å². The maximum Gasteiger partial charge on any atom is 0.251 e. The molecule has 5 heteroatoms. The minimum atomic E-state index is -0.768. The number of hydrogen-bond donors (Lipinski definition) is 3. The van der Waals surface area contributed by atoms with E-state index in [2.05, 4.69) is 10.6 Å². The Labute approximate surface area is 118 Å². The summed E-state index contributed by atoms with van der Waals surface area (Å²) in [7, 11) is 1.58. The molecule has 1 fully saturated rings. The predicted molar refractivity (Wildman–Crippen MR) is 78.6 cm³/mol.